The third kappa shape index (κ3) is 3.26. The smallest absolute Gasteiger partial charge is 0.266 e. The molecule has 5 nitrogen and oxygen atoms in total. The molecule has 32 heavy (non-hydrogen) atoms. The van der Waals surface area contributed by atoms with E-state index in [4.69, 9.17) is 4.84 Å². The van der Waals surface area contributed by atoms with Crippen LogP contribution in [0.4, 0.5) is 11.4 Å². The predicted molar refractivity (Wildman–Crippen MR) is 127 cm³/mol. The summed E-state index contributed by atoms with van der Waals surface area (Å²) in [6.45, 7) is 5.89. The van der Waals surface area contributed by atoms with Gasteiger partial charge in [0.15, 0.2) is 6.10 Å². The van der Waals surface area contributed by atoms with E-state index < -0.39 is 18.1 Å². The van der Waals surface area contributed by atoms with Crippen LogP contribution >= 0.6 is 15.9 Å². The monoisotopic (exact) mass is 490 g/mol. The molecule has 0 radical (unpaired) electrons. The van der Waals surface area contributed by atoms with Crippen molar-refractivity contribution in [2.75, 3.05) is 9.96 Å². The van der Waals surface area contributed by atoms with E-state index in [1.165, 1.54) is 4.90 Å². The fraction of sp³-hybridized carbons (Fsp3) is 0.231. The normalized spacial score (nSPS) is 22.6. The molecule has 0 aliphatic carbocycles. The number of fused-ring (bicyclic) bond motifs is 1. The molecule has 3 aromatic carbocycles. The van der Waals surface area contributed by atoms with Crippen molar-refractivity contribution in [3.8, 4) is 0 Å². The highest BCUT2D eigenvalue weighted by Gasteiger charge is 2.60. The fourth-order valence-electron chi connectivity index (χ4n) is 4.99. The van der Waals surface area contributed by atoms with E-state index in [2.05, 4.69) is 15.9 Å². The van der Waals surface area contributed by atoms with Crippen LogP contribution in [0.5, 0.6) is 0 Å². The Bertz CT molecular complexity index is 1200. The first-order chi connectivity index (χ1) is 15.4. The number of amides is 2. The average Bonchev–Trinajstić information content (AvgIpc) is 3.26. The van der Waals surface area contributed by atoms with Gasteiger partial charge in [0.2, 0.25) is 5.91 Å². The minimum Gasteiger partial charge on any atom is -0.273 e. The lowest BCUT2D eigenvalue weighted by molar-refractivity contribution is -0.126. The van der Waals surface area contributed by atoms with Crippen LogP contribution in [-0.2, 0) is 14.4 Å². The lowest BCUT2D eigenvalue weighted by Gasteiger charge is -2.29. The molecule has 2 aliphatic heterocycles. The number of para-hydroxylation sites is 1. The quantitative estimate of drug-likeness (QED) is 0.459. The van der Waals surface area contributed by atoms with Gasteiger partial charge in [0.1, 0.15) is 5.92 Å². The van der Waals surface area contributed by atoms with Crippen molar-refractivity contribution >= 4 is 39.1 Å². The molecular formula is C26H23BrN2O3. The fourth-order valence-corrected chi connectivity index (χ4v) is 5.41. The van der Waals surface area contributed by atoms with Gasteiger partial charge in [-0.05, 0) is 61.7 Å². The number of nitrogens with zero attached hydrogens (tertiary/aromatic N) is 2. The van der Waals surface area contributed by atoms with Crippen LogP contribution < -0.4 is 9.96 Å². The molecule has 3 aromatic rings. The maximum atomic E-state index is 13.8. The molecule has 0 unspecified atom stereocenters. The van der Waals surface area contributed by atoms with Gasteiger partial charge in [0.05, 0.1) is 17.4 Å². The van der Waals surface area contributed by atoms with E-state index in [9.17, 15) is 9.59 Å². The number of hydrogen-bond acceptors (Lipinski definition) is 4. The number of benzene rings is 3. The van der Waals surface area contributed by atoms with E-state index in [-0.39, 0.29) is 11.8 Å². The van der Waals surface area contributed by atoms with Crippen molar-refractivity contribution < 1.29 is 14.4 Å². The lowest BCUT2D eigenvalue weighted by Crippen LogP contribution is -2.38. The largest absolute Gasteiger partial charge is 0.273 e. The molecule has 3 atom stereocenters. The molecular weight excluding hydrogens is 468 g/mol. The summed E-state index contributed by atoms with van der Waals surface area (Å²) < 4.78 is 0.908. The van der Waals surface area contributed by atoms with Crippen LogP contribution in [-0.4, -0.2) is 17.9 Å². The first-order valence-corrected chi connectivity index (χ1v) is 11.4. The molecule has 2 heterocycles. The van der Waals surface area contributed by atoms with Gasteiger partial charge in [0, 0.05) is 4.47 Å². The number of carbonyl (C=O) groups is 2. The Morgan fingerprint density at radius 1 is 0.844 bits per heavy atom. The van der Waals surface area contributed by atoms with Crippen LogP contribution in [0.1, 0.15) is 28.3 Å². The van der Waals surface area contributed by atoms with E-state index in [0.717, 1.165) is 32.4 Å². The summed E-state index contributed by atoms with van der Waals surface area (Å²) in [5, 5.41) is 1.72. The van der Waals surface area contributed by atoms with Gasteiger partial charge in [0.25, 0.3) is 5.91 Å². The molecule has 2 aliphatic rings. The zero-order valence-electron chi connectivity index (χ0n) is 18.1. The third-order valence-corrected chi connectivity index (χ3v) is 6.67. The van der Waals surface area contributed by atoms with Crippen LogP contribution in [0.3, 0.4) is 0 Å². The van der Waals surface area contributed by atoms with Crippen molar-refractivity contribution in [1.82, 2.24) is 0 Å². The number of hydrogen-bond donors (Lipinski definition) is 0. The molecule has 2 fully saturated rings. The van der Waals surface area contributed by atoms with Crippen molar-refractivity contribution in [3.63, 3.8) is 0 Å². The van der Waals surface area contributed by atoms with Gasteiger partial charge in [-0.15, -0.1) is 0 Å². The van der Waals surface area contributed by atoms with Gasteiger partial charge in [-0.3, -0.25) is 14.4 Å². The van der Waals surface area contributed by atoms with Crippen molar-refractivity contribution in [2.45, 2.75) is 32.9 Å². The third-order valence-electron chi connectivity index (χ3n) is 6.18. The second-order valence-electron chi connectivity index (χ2n) is 8.47. The van der Waals surface area contributed by atoms with E-state index in [1.807, 2.05) is 87.5 Å². The summed E-state index contributed by atoms with van der Waals surface area (Å²) in [7, 11) is 0. The first-order valence-electron chi connectivity index (χ1n) is 10.6. The average molecular weight is 491 g/mol. The molecule has 0 aromatic heterocycles. The Morgan fingerprint density at radius 2 is 1.53 bits per heavy atom. The summed E-state index contributed by atoms with van der Waals surface area (Å²) in [6.07, 6.45) is -0.869. The Kier molecular flexibility index (Phi) is 5.14. The van der Waals surface area contributed by atoms with Gasteiger partial charge < -0.3 is 0 Å². The maximum absolute atomic E-state index is 13.8. The Balaban J connectivity index is 1.62. The summed E-state index contributed by atoms with van der Waals surface area (Å²) in [6, 6.07) is 21.0. The van der Waals surface area contributed by atoms with E-state index in [0.29, 0.717) is 5.69 Å². The maximum Gasteiger partial charge on any atom is 0.266 e. The summed E-state index contributed by atoms with van der Waals surface area (Å²) >= 11 is 3.54. The summed E-state index contributed by atoms with van der Waals surface area (Å²) in [5.74, 6) is -1.18. The molecule has 5 rings (SSSR count). The Labute approximate surface area is 195 Å². The number of imide groups is 1. The molecule has 0 bridgehead atoms. The number of anilines is 2. The second kappa shape index (κ2) is 7.87. The van der Waals surface area contributed by atoms with Gasteiger partial charge in [-0.1, -0.05) is 64.0 Å². The molecule has 162 valence electrons. The van der Waals surface area contributed by atoms with Crippen molar-refractivity contribution in [2.24, 2.45) is 5.92 Å². The summed E-state index contributed by atoms with van der Waals surface area (Å²) in [5.41, 5.74) is 5.30. The number of aryl methyl sites for hydroxylation is 3. The van der Waals surface area contributed by atoms with Crippen molar-refractivity contribution in [1.29, 1.82) is 0 Å². The lowest BCUT2D eigenvalue weighted by atomic mass is 9.90. The molecule has 0 saturated carbocycles. The van der Waals surface area contributed by atoms with Gasteiger partial charge in [-0.2, -0.15) is 0 Å². The molecule has 6 heteroatoms. The van der Waals surface area contributed by atoms with Crippen LogP contribution in [0.15, 0.2) is 71.2 Å². The first kappa shape index (κ1) is 20.9. The topological polar surface area (TPSA) is 49.9 Å². The minimum absolute atomic E-state index is 0.224. The van der Waals surface area contributed by atoms with Gasteiger partial charge >= 0.3 is 0 Å². The molecule has 0 N–H and O–H groups in total. The minimum atomic E-state index is -0.869. The zero-order chi connectivity index (χ0) is 22.6. The molecule has 2 amide bonds. The second-order valence-corrected chi connectivity index (χ2v) is 9.39. The number of carbonyl (C=O) groups excluding carboxylic acids is 2. The number of hydroxylamine groups is 1. The highest BCUT2D eigenvalue weighted by molar-refractivity contribution is 9.10. The van der Waals surface area contributed by atoms with Crippen LogP contribution in [0.2, 0.25) is 0 Å². The highest BCUT2D eigenvalue weighted by Crippen LogP contribution is 2.48. The number of halogens is 1. The Morgan fingerprint density at radius 3 is 2.19 bits per heavy atom. The summed E-state index contributed by atoms with van der Waals surface area (Å²) in [4.78, 5) is 34.9. The predicted octanol–water partition coefficient (Wildman–Crippen LogP) is 5.43. The SMILES string of the molecule is Cc1cc(C)c(N2C(=O)[C@@H]3[C@@H](c4cccc(Br)c4)N(c4ccccc4)O[C@H]3C2=O)c(C)c1. The standard InChI is InChI=1S/C26H23BrN2O3/c1-15-12-16(2)22(17(3)13-15)28-25(30)21-23(18-8-7-9-19(27)14-18)29(32-24(21)26(28)31)20-10-5-4-6-11-20/h4-14,21,23-24H,1-3H3/t21-,23-,24-/m1/s1. The van der Waals surface area contributed by atoms with Crippen molar-refractivity contribution in [3.05, 3.63) is 93.5 Å². The van der Waals surface area contributed by atoms with E-state index >= 15 is 0 Å². The van der Waals surface area contributed by atoms with E-state index in [1.54, 1.807) is 5.06 Å². The molecule has 2 saturated heterocycles. The van der Waals surface area contributed by atoms with Crippen LogP contribution in [0, 0.1) is 26.7 Å². The van der Waals surface area contributed by atoms with Crippen LogP contribution in [0.25, 0.3) is 0 Å². The Hall–Kier alpha value is -2.96. The van der Waals surface area contributed by atoms with Gasteiger partial charge in [-0.25, -0.2) is 9.96 Å². The zero-order valence-corrected chi connectivity index (χ0v) is 19.7. The number of rotatable bonds is 3. The highest BCUT2D eigenvalue weighted by atomic mass is 79.9. The molecule has 0 spiro atoms.